The molecule has 0 spiro atoms. The number of phenolic OH excluding ortho intramolecular Hbond substituents is 1. The molecule has 2 fully saturated rings. The van der Waals surface area contributed by atoms with Crippen LogP contribution in [0.1, 0.15) is 43.9 Å². The molecule has 3 N–H and O–H groups in total. The fourth-order valence-electron chi connectivity index (χ4n) is 7.67. The van der Waals surface area contributed by atoms with E-state index >= 15 is 0 Å². The maximum absolute atomic E-state index is 14.2. The molecular weight excluding hydrogens is 601 g/mol. The van der Waals surface area contributed by atoms with E-state index in [0.717, 1.165) is 45.8 Å². The van der Waals surface area contributed by atoms with Crippen LogP contribution < -0.4 is 10.2 Å². The Labute approximate surface area is 280 Å². The first-order valence-corrected chi connectivity index (χ1v) is 16.7. The standard InChI is InChI=1S/C39H38BN3O5/c1-2-26-23-32-37(39(46)43(38(32)45)30-17-15-29(16-18-30)42-28-10-4-3-5-11-28)33-24-40(47)48-35(36(26)33)19-14-27(34-13-6-7-20-41-34)21-25-9-8-12-31(44)22-25/h3-13,15-18,20-22,32-33,35,37,42,44,47H,2,14,19,23-24H2,1H3/b27-21-/t32-,33+,35-,37-/m1/s1. The van der Waals surface area contributed by atoms with Crippen LogP contribution in [-0.4, -0.2) is 40.2 Å². The summed E-state index contributed by atoms with van der Waals surface area (Å²) in [4.78, 5) is 34.1. The summed E-state index contributed by atoms with van der Waals surface area (Å²) < 4.78 is 6.22. The fourth-order valence-corrected chi connectivity index (χ4v) is 7.67. The molecule has 7 rings (SSSR count). The number of hydrogen-bond acceptors (Lipinski definition) is 7. The average molecular weight is 640 g/mol. The maximum Gasteiger partial charge on any atom is 0.455 e. The number of nitrogens with one attached hydrogen (secondary N) is 1. The van der Waals surface area contributed by atoms with E-state index in [0.29, 0.717) is 24.9 Å². The Kier molecular flexibility index (Phi) is 8.97. The third-order valence-electron chi connectivity index (χ3n) is 9.80. The van der Waals surface area contributed by atoms with Crippen LogP contribution in [0.2, 0.25) is 6.32 Å². The third kappa shape index (κ3) is 6.31. The zero-order chi connectivity index (χ0) is 33.2. The van der Waals surface area contributed by atoms with Crippen LogP contribution in [0, 0.1) is 17.8 Å². The maximum atomic E-state index is 14.2. The molecule has 0 saturated carbocycles. The molecule has 0 unspecified atom stereocenters. The number of aromatic hydroxyl groups is 1. The number of imide groups is 1. The van der Waals surface area contributed by atoms with E-state index in [9.17, 15) is 19.7 Å². The minimum absolute atomic E-state index is 0.178. The molecule has 8 nitrogen and oxygen atoms in total. The van der Waals surface area contributed by atoms with Gasteiger partial charge in [-0.1, -0.05) is 48.9 Å². The minimum atomic E-state index is -1.05. The van der Waals surface area contributed by atoms with Gasteiger partial charge in [-0.25, -0.2) is 0 Å². The Bertz CT molecular complexity index is 1860. The van der Waals surface area contributed by atoms with E-state index in [1.807, 2.05) is 84.9 Å². The number of anilines is 3. The predicted octanol–water partition coefficient (Wildman–Crippen LogP) is 7.26. The Morgan fingerprint density at radius 1 is 0.958 bits per heavy atom. The molecule has 242 valence electrons. The van der Waals surface area contributed by atoms with Crippen LogP contribution in [0.5, 0.6) is 5.75 Å². The lowest BCUT2D eigenvalue weighted by Crippen LogP contribution is -2.46. The Morgan fingerprint density at radius 2 is 1.73 bits per heavy atom. The van der Waals surface area contributed by atoms with Gasteiger partial charge < -0.3 is 20.1 Å². The summed E-state index contributed by atoms with van der Waals surface area (Å²) in [6.07, 6.45) is 6.02. The summed E-state index contributed by atoms with van der Waals surface area (Å²) in [5.74, 6) is -1.51. The van der Waals surface area contributed by atoms with Gasteiger partial charge >= 0.3 is 7.12 Å². The number of benzene rings is 3. The molecule has 4 atom stereocenters. The third-order valence-corrected chi connectivity index (χ3v) is 9.80. The van der Waals surface area contributed by atoms with Gasteiger partial charge in [0.1, 0.15) is 5.75 Å². The van der Waals surface area contributed by atoms with Gasteiger partial charge in [-0.3, -0.25) is 19.5 Å². The van der Waals surface area contributed by atoms with Crippen molar-refractivity contribution in [2.45, 2.75) is 45.0 Å². The van der Waals surface area contributed by atoms with Crippen LogP contribution in [0.15, 0.2) is 114 Å². The number of allylic oxidation sites excluding steroid dienone is 2. The zero-order valence-electron chi connectivity index (χ0n) is 26.8. The Morgan fingerprint density at radius 3 is 2.46 bits per heavy atom. The molecule has 2 amide bonds. The first-order valence-electron chi connectivity index (χ1n) is 16.7. The van der Waals surface area contributed by atoms with Gasteiger partial charge in [0.25, 0.3) is 0 Å². The normalized spacial score (nSPS) is 22.5. The van der Waals surface area contributed by atoms with Gasteiger partial charge in [0.2, 0.25) is 11.8 Å². The largest absolute Gasteiger partial charge is 0.508 e. The van der Waals surface area contributed by atoms with Crippen LogP contribution in [-0.2, 0) is 14.2 Å². The number of carbonyl (C=O) groups is 2. The van der Waals surface area contributed by atoms with Crippen LogP contribution in [0.25, 0.3) is 11.6 Å². The van der Waals surface area contributed by atoms with Gasteiger partial charge in [-0.2, -0.15) is 0 Å². The zero-order valence-corrected chi connectivity index (χ0v) is 26.8. The van der Waals surface area contributed by atoms with Gasteiger partial charge in [0.05, 0.1) is 29.3 Å². The molecule has 1 aliphatic carbocycles. The van der Waals surface area contributed by atoms with Crippen LogP contribution in [0.4, 0.5) is 17.1 Å². The molecule has 48 heavy (non-hydrogen) atoms. The molecule has 3 aliphatic rings. The molecule has 0 bridgehead atoms. The quantitative estimate of drug-likeness (QED) is 0.100. The number of hydrogen-bond donors (Lipinski definition) is 3. The summed E-state index contributed by atoms with van der Waals surface area (Å²) in [7, 11) is -1.05. The van der Waals surface area contributed by atoms with E-state index in [2.05, 4.69) is 17.2 Å². The van der Waals surface area contributed by atoms with Gasteiger partial charge in [-0.05, 0) is 121 Å². The second kappa shape index (κ2) is 13.6. The van der Waals surface area contributed by atoms with Gasteiger partial charge in [-0.15, -0.1) is 0 Å². The lowest BCUT2D eigenvalue weighted by Gasteiger charge is -2.43. The van der Waals surface area contributed by atoms with E-state index in [1.54, 1.807) is 24.4 Å². The molecule has 3 heterocycles. The Balaban J connectivity index is 1.14. The van der Waals surface area contributed by atoms with Gasteiger partial charge in [0, 0.05) is 17.6 Å². The van der Waals surface area contributed by atoms with Crippen molar-refractivity contribution in [3.05, 3.63) is 126 Å². The van der Waals surface area contributed by atoms with E-state index in [-0.39, 0.29) is 29.8 Å². The van der Waals surface area contributed by atoms with Crippen molar-refractivity contribution in [1.82, 2.24) is 4.98 Å². The smallest absolute Gasteiger partial charge is 0.455 e. The summed E-state index contributed by atoms with van der Waals surface area (Å²) in [5.41, 5.74) is 7.20. The second-order valence-electron chi connectivity index (χ2n) is 12.7. The lowest BCUT2D eigenvalue weighted by atomic mass is 9.58. The van der Waals surface area contributed by atoms with Crippen molar-refractivity contribution in [2.75, 3.05) is 10.2 Å². The molecule has 2 saturated heterocycles. The summed E-state index contributed by atoms with van der Waals surface area (Å²) in [6.45, 7) is 2.08. The molecule has 3 aromatic carbocycles. The predicted molar refractivity (Wildman–Crippen MR) is 188 cm³/mol. The highest BCUT2D eigenvalue weighted by Crippen LogP contribution is 2.52. The molecule has 0 radical (unpaired) electrons. The molecule has 4 aromatic rings. The van der Waals surface area contributed by atoms with Crippen LogP contribution >= 0.6 is 0 Å². The highest BCUT2D eigenvalue weighted by molar-refractivity contribution is 6.43. The number of carbonyl (C=O) groups excluding carboxylic acids is 2. The van der Waals surface area contributed by atoms with Crippen molar-refractivity contribution in [3.8, 4) is 5.75 Å². The number of fused-ring (bicyclic) bond motifs is 3. The van der Waals surface area contributed by atoms with Crippen molar-refractivity contribution in [1.29, 1.82) is 0 Å². The number of aromatic nitrogens is 1. The monoisotopic (exact) mass is 639 g/mol. The van der Waals surface area contributed by atoms with E-state index in [1.165, 1.54) is 4.90 Å². The van der Waals surface area contributed by atoms with Gasteiger partial charge in [0.15, 0.2) is 0 Å². The fraction of sp³-hybridized carbons (Fsp3) is 0.256. The van der Waals surface area contributed by atoms with Crippen LogP contribution in [0.3, 0.4) is 0 Å². The van der Waals surface area contributed by atoms with Crippen molar-refractivity contribution in [3.63, 3.8) is 0 Å². The number of phenols is 1. The van der Waals surface area contributed by atoms with Crippen molar-refractivity contribution >= 4 is 47.6 Å². The van der Waals surface area contributed by atoms with E-state index in [4.69, 9.17) is 4.65 Å². The molecular formula is C39H38BN3O5. The number of rotatable bonds is 9. The summed E-state index contributed by atoms with van der Waals surface area (Å²) in [5, 5.41) is 24.4. The second-order valence-corrected chi connectivity index (χ2v) is 12.7. The van der Waals surface area contributed by atoms with Crippen molar-refractivity contribution < 1.29 is 24.4 Å². The highest BCUT2D eigenvalue weighted by atomic mass is 16.5. The molecule has 9 heteroatoms. The highest BCUT2D eigenvalue weighted by Gasteiger charge is 2.57. The van der Waals surface area contributed by atoms with E-state index < -0.39 is 25.1 Å². The molecule has 1 aromatic heterocycles. The first kappa shape index (κ1) is 31.6. The summed E-state index contributed by atoms with van der Waals surface area (Å²) in [6, 6.07) is 30.1. The SMILES string of the molecule is CCC1=C2[C@@H](CC/C(=C/c3cccc(O)c3)c3ccccn3)OB(O)C[C@@H]2[C@@H]2C(=O)N(c3ccc(Nc4ccccc4)cc3)C(=O)[C@@H]2C1. The number of para-hydroxylation sites is 1. The molecule has 2 aliphatic heterocycles. The number of pyridine rings is 1. The topological polar surface area (TPSA) is 112 Å². The average Bonchev–Trinajstić information content (AvgIpc) is 3.36. The number of nitrogens with zero attached hydrogens (tertiary/aromatic N) is 2. The minimum Gasteiger partial charge on any atom is -0.508 e. The number of amides is 2. The Hall–Kier alpha value is -4.99. The van der Waals surface area contributed by atoms with Crippen molar-refractivity contribution in [2.24, 2.45) is 17.8 Å². The first-order chi connectivity index (χ1) is 23.4. The summed E-state index contributed by atoms with van der Waals surface area (Å²) >= 11 is 0. The lowest BCUT2D eigenvalue weighted by molar-refractivity contribution is -0.122.